The zero-order chi connectivity index (χ0) is 18.4. The van der Waals surface area contributed by atoms with Gasteiger partial charge in [-0.05, 0) is 30.3 Å². The number of phenols is 1. The minimum absolute atomic E-state index is 0.0694. The Morgan fingerprint density at radius 2 is 2.08 bits per heavy atom. The van der Waals surface area contributed by atoms with Crippen LogP contribution in [0.25, 0.3) is 0 Å². The molecular formula is C15H11BrClN3O5. The van der Waals surface area contributed by atoms with E-state index in [0.717, 1.165) is 12.3 Å². The lowest BCUT2D eigenvalue weighted by atomic mass is 10.2. The molecule has 10 heteroatoms. The topological polar surface area (TPSA) is 114 Å². The Kier molecular flexibility index (Phi) is 6.31. The molecule has 0 bridgehead atoms. The standard InChI is InChI=1S/C15H11BrClN3O5/c16-10-5-9(15(22)13(6-10)20(23)24)7-18-19-14(21)8-25-12-3-1-11(17)2-4-12/h1-7,22H,8H2,(H,19,21)/b18-7+. The molecule has 0 radical (unpaired) electrons. The minimum Gasteiger partial charge on any atom is -0.502 e. The number of hydrogen-bond donors (Lipinski definition) is 2. The monoisotopic (exact) mass is 427 g/mol. The van der Waals surface area contributed by atoms with Gasteiger partial charge >= 0.3 is 5.69 Å². The van der Waals surface area contributed by atoms with Crippen molar-refractivity contribution >= 4 is 45.3 Å². The second-order valence-electron chi connectivity index (χ2n) is 4.66. The summed E-state index contributed by atoms with van der Waals surface area (Å²) in [4.78, 5) is 21.8. The summed E-state index contributed by atoms with van der Waals surface area (Å²) in [7, 11) is 0. The van der Waals surface area contributed by atoms with E-state index in [-0.39, 0.29) is 12.2 Å². The van der Waals surface area contributed by atoms with Crippen molar-refractivity contribution in [1.29, 1.82) is 0 Å². The molecule has 25 heavy (non-hydrogen) atoms. The molecule has 0 aliphatic carbocycles. The van der Waals surface area contributed by atoms with Crippen LogP contribution in [0.2, 0.25) is 5.02 Å². The van der Waals surface area contributed by atoms with Crippen LogP contribution in [0.15, 0.2) is 46.0 Å². The molecule has 0 aliphatic heterocycles. The van der Waals surface area contributed by atoms with Crippen LogP contribution in [0, 0.1) is 10.1 Å². The number of rotatable bonds is 6. The highest BCUT2D eigenvalue weighted by atomic mass is 79.9. The number of nitro groups is 1. The highest BCUT2D eigenvalue weighted by Gasteiger charge is 2.17. The second-order valence-corrected chi connectivity index (χ2v) is 6.01. The van der Waals surface area contributed by atoms with Crippen LogP contribution in [0.3, 0.4) is 0 Å². The van der Waals surface area contributed by atoms with Gasteiger partial charge < -0.3 is 9.84 Å². The molecule has 2 N–H and O–H groups in total. The van der Waals surface area contributed by atoms with Gasteiger partial charge in [0.1, 0.15) is 5.75 Å². The SMILES string of the molecule is O=C(COc1ccc(Cl)cc1)N/N=C/c1cc(Br)cc([N+](=O)[O-])c1O. The Morgan fingerprint density at radius 3 is 2.72 bits per heavy atom. The molecule has 0 atom stereocenters. The fourth-order valence-electron chi connectivity index (χ4n) is 1.73. The number of hydrazone groups is 1. The third-order valence-electron chi connectivity index (χ3n) is 2.86. The number of hydrogen-bond acceptors (Lipinski definition) is 6. The van der Waals surface area contributed by atoms with E-state index < -0.39 is 22.3 Å². The third kappa shape index (κ3) is 5.44. The number of amides is 1. The summed E-state index contributed by atoms with van der Waals surface area (Å²) in [6.45, 7) is -0.288. The predicted molar refractivity (Wildman–Crippen MR) is 95.1 cm³/mol. The number of phenolic OH excluding ortho intramolecular Hbond substituents is 1. The van der Waals surface area contributed by atoms with Gasteiger partial charge in [-0.2, -0.15) is 5.10 Å². The third-order valence-corrected chi connectivity index (χ3v) is 3.57. The smallest absolute Gasteiger partial charge is 0.312 e. The number of carbonyl (C=O) groups excluding carboxylic acids is 1. The van der Waals surface area contributed by atoms with Crippen molar-refractivity contribution in [3.8, 4) is 11.5 Å². The largest absolute Gasteiger partial charge is 0.502 e. The van der Waals surface area contributed by atoms with Crippen LogP contribution in [0.5, 0.6) is 11.5 Å². The number of ether oxygens (including phenoxy) is 1. The summed E-state index contributed by atoms with van der Waals surface area (Å²) in [5.41, 5.74) is 1.78. The first-order valence-electron chi connectivity index (χ1n) is 6.74. The van der Waals surface area contributed by atoms with Gasteiger partial charge in [-0.15, -0.1) is 0 Å². The van der Waals surface area contributed by atoms with Gasteiger partial charge in [0, 0.05) is 21.1 Å². The van der Waals surface area contributed by atoms with Gasteiger partial charge in [0.15, 0.2) is 6.61 Å². The molecule has 0 saturated heterocycles. The van der Waals surface area contributed by atoms with Crippen LogP contribution in [0.1, 0.15) is 5.56 Å². The van der Waals surface area contributed by atoms with Crippen molar-refractivity contribution in [2.45, 2.75) is 0 Å². The normalized spacial score (nSPS) is 10.6. The van der Waals surface area contributed by atoms with Crippen LogP contribution in [0.4, 0.5) is 5.69 Å². The van der Waals surface area contributed by atoms with Crippen molar-refractivity contribution < 1.29 is 19.6 Å². The predicted octanol–water partition coefficient (Wildman–Crippen LogP) is 3.25. The molecule has 0 aromatic heterocycles. The molecular weight excluding hydrogens is 418 g/mol. The van der Waals surface area contributed by atoms with Gasteiger partial charge in [0.05, 0.1) is 11.1 Å². The molecule has 130 valence electrons. The molecule has 2 aromatic carbocycles. The van der Waals surface area contributed by atoms with Gasteiger partial charge in [-0.3, -0.25) is 14.9 Å². The quantitative estimate of drug-likeness (QED) is 0.416. The van der Waals surface area contributed by atoms with Crippen LogP contribution < -0.4 is 10.2 Å². The lowest BCUT2D eigenvalue weighted by molar-refractivity contribution is -0.385. The number of nitrogens with one attached hydrogen (secondary N) is 1. The van der Waals surface area contributed by atoms with E-state index in [0.29, 0.717) is 15.2 Å². The van der Waals surface area contributed by atoms with Crippen molar-refractivity contribution in [2.75, 3.05) is 6.61 Å². The number of halogens is 2. The summed E-state index contributed by atoms with van der Waals surface area (Å²) < 4.78 is 5.61. The number of carbonyl (C=O) groups is 1. The number of aromatic hydroxyl groups is 1. The summed E-state index contributed by atoms with van der Waals surface area (Å²) >= 11 is 8.83. The van der Waals surface area contributed by atoms with Gasteiger partial charge in [0.25, 0.3) is 5.91 Å². The van der Waals surface area contributed by atoms with Gasteiger partial charge in [0.2, 0.25) is 5.75 Å². The lowest BCUT2D eigenvalue weighted by Crippen LogP contribution is -2.24. The second kappa shape index (κ2) is 8.45. The van der Waals surface area contributed by atoms with E-state index in [1.54, 1.807) is 24.3 Å². The molecule has 0 saturated carbocycles. The van der Waals surface area contributed by atoms with E-state index >= 15 is 0 Å². The average Bonchev–Trinajstić information content (AvgIpc) is 2.57. The molecule has 0 unspecified atom stereocenters. The van der Waals surface area contributed by atoms with Crippen LogP contribution in [-0.4, -0.2) is 28.8 Å². The first kappa shape index (κ1) is 18.7. The van der Waals surface area contributed by atoms with Crippen LogP contribution >= 0.6 is 27.5 Å². The van der Waals surface area contributed by atoms with Gasteiger partial charge in [-0.1, -0.05) is 27.5 Å². The molecule has 2 rings (SSSR count). The van der Waals surface area contributed by atoms with Gasteiger partial charge in [-0.25, -0.2) is 5.43 Å². The highest BCUT2D eigenvalue weighted by Crippen LogP contribution is 2.32. The maximum Gasteiger partial charge on any atom is 0.312 e. The van der Waals surface area contributed by atoms with Crippen molar-refractivity contribution in [3.63, 3.8) is 0 Å². The maximum absolute atomic E-state index is 11.6. The number of nitro benzene ring substituents is 1. The Hall–Kier alpha value is -2.65. The average molecular weight is 429 g/mol. The fourth-order valence-corrected chi connectivity index (χ4v) is 2.32. The Bertz CT molecular complexity index is 827. The first-order chi connectivity index (χ1) is 11.9. The molecule has 1 amide bonds. The van der Waals surface area contributed by atoms with Crippen LogP contribution in [-0.2, 0) is 4.79 Å². The summed E-state index contributed by atoms with van der Waals surface area (Å²) in [6, 6.07) is 9.04. The maximum atomic E-state index is 11.6. The number of benzene rings is 2. The molecule has 2 aromatic rings. The van der Waals surface area contributed by atoms with Crippen molar-refractivity contribution in [3.05, 3.63) is 61.6 Å². The van der Waals surface area contributed by atoms with Crippen molar-refractivity contribution in [2.24, 2.45) is 5.10 Å². The summed E-state index contributed by atoms with van der Waals surface area (Å²) in [5.74, 6) is -0.636. The Morgan fingerprint density at radius 1 is 1.40 bits per heavy atom. The minimum atomic E-state index is -0.726. The molecule has 0 spiro atoms. The number of nitrogens with zero attached hydrogens (tertiary/aromatic N) is 2. The Balaban J connectivity index is 1.95. The molecule has 0 heterocycles. The highest BCUT2D eigenvalue weighted by molar-refractivity contribution is 9.10. The van der Waals surface area contributed by atoms with E-state index in [9.17, 15) is 20.0 Å². The van der Waals surface area contributed by atoms with E-state index in [2.05, 4.69) is 26.5 Å². The molecule has 8 nitrogen and oxygen atoms in total. The summed E-state index contributed by atoms with van der Waals surface area (Å²) in [6.07, 6.45) is 1.09. The lowest BCUT2D eigenvalue weighted by Gasteiger charge is -2.05. The van der Waals surface area contributed by atoms with E-state index in [1.165, 1.54) is 6.07 Å². The molecule has 0 aliphatic rings. The molecule has 0 fully saturated rings. The van der Waals surface area contributed by atoms with Crippen molar-refractivity contribution in [1.82, 2.24) is 5.43 Å². The summed E-state index contributed by atoms with van der Waals surface area (Å²) in [5, 5.41) is 24.8. The van der Waals surface area contributed by atoms with E-state index in [4.69, 9.17) is 16.3 Å². The zero-order valence-electron chi connectivity index (χ0n) is 12.5. The fraction of sp³-hybridized carbons (Fsp3) is 0.0667. The van der Waals surface area contributed by atoms with E-state index in [1.807, 2.05) is 0 Å². The zero-order valence-corrected chi connectivity index (χ0v) is 14.8. The Labute approximate surface area is 155 Å². The first-order valence-corrected chi connectivity index (χ1v) is 7.91.